The predicted molar refractivity (Wildman–Crippen MR) is 47.0 cm³/mol. The first-order chi connectivity index (χ1) is 5.93. The zero-order valence-electron chi connectivity index (χ0n) is 6.86. The molecule has 0 N–H and O–H groups in total. The van der Waals surface area contributed by atoms with Crippen LogP contribution in [0.15, 0.2) is 24.3 Å². The fourth-order valence-electron chi connectivity index (χ4n) is 2.04. The summed E-state index contributed by atoms with van der Waals surface area (Å²) < 4.78 is 0. The SMILES string of the molecule is c1ccc2c(c1)CC1CCN2O1. The monoisotopic (exact) mass is 161 g/mol. The Morgan fingerprint density at radius 3 is 3.25 bits per heavy atom. The van der Waals surface area contributed by atoms with Crippen molar-refractivity contribution in [2.45, 2.75) is 18.9 Å². The number of fused-ring (bicyclic) bond motifs is 4. The summed E-state index contributed by atoms with van der Waals surface area (Å²) >= 11 is 0. The largest absolute Gasteiger partial charge is 0.270 e. The Kier molecular flexibility index (Phi) is 1.21. The van der Waals surface area contributed by atoms with Crippen LogP contribution in [0, 0.1) is 0 Å². The number of benzene rings is 1. The normalized spacial score (nSPS) is 25.7. The molecule has 1 atom stereocenters. The molecule has 62 valence electrons. The lowest BCUT2D eigenvalue weighted by atomic mass is 10.1. The molecule has 0 saturated carbocycles. The van der Waals surface area contributed by atoms with E-state index in [9.17, 15) is 0 Å². The molecule has 3 rings (SSSR count). The molecule has 2 aliphatic heterocycles. The number of hydrogen-bond donors (Lipinski definition) is 0. The minimum absolute atomic E-state index is 0.444. The van der Waals surface area contributed by atoms with Crippen molar-refractivity contribution < 1.29 is 4.84 Å². The summed E-state index contributed by atoms with van der Waals surface area (Å²) in [5, 5.41) is 2.03. The number of para-hydroxylation sites is 1. The molecular formula is C10H11NO. The maximum absolute atomic E-state index is 5.66. The zero-order valence-corrected chi connectivity index (χ0v) is 6.86. The van der Waals surface area contributed by atoms with E-state index >= 15 is 0 Å². The molecule has 1 fully saturated rings. The van der Waals surface area contributed by atoms with E-state index < -0.39 is 0 Å². The van der Waals surface area contributed by atoms with Crippen LogP contribution in [0.3, 0.4) is 0 Å². The first kappa shape index (κ1) is 6.49. The summed E-state index contributed by atoms with van der Waals surface area (Å²) in [4.78, 5) is 5.66. The van der Waals surface area contributed by atoms with E-state index in [1.807, 2.05) is 5.06 Å². The third-order valence-corrected chi connectivity index (χ3v) is 2.64. The Labute approximate surface area is 71.7 Å². The highest BCUT2D eigenvalue weighted by atomic mass is 16.7. The predicted octanol–water partition coefficient (Wildman–Crippen LogP) is 1.75. The summed E-state index contributed by atoms with van der Waals surface area (Å²) in [6, 6.07) is 8.51. The second-order valence-electron chi connectivity index (χ2n) is 3.45. The lowest BCUT2D eigenvalue weighted by molar-refractivity contribution is 0.0777. The minimum atomic E-state index is 0.444. The van der Waals surface area contributed by atoms with Crippen molar-refractivity contribution in [1.29, 1.82) is 0 Å². The molecule has 0 aliphatic carbocycles. The van der Waals surface area contributed by atoms with Crippen LogP contribution in [0.5, 0.6) is 0 Å². The van der Waals surface area contributed by atoms with Gasteiger partial charge in [0.1, 0.15) is 0 Å². The molecule has 1 aromatic carbocycles. The van der Waals surface area contributed by atoms with Crippen LogP contribution in [-0.2, 0) is 11.3 Å². The molecule has 1 unspecified atom stereocenters. The molecule has 0 amide bonds. The maximum atomic E-state index is 5.66. The zero-order chi connectivity index (χ0) is 7.97. The van der Waals surface area contributed by atoms with Gasteiger partial charge in [-0.05, 0) is 18.1 Å². The van der Waals surface area contributed by atoms with Gasteiger partial charge in [0.05, 0.1) is 11.8 Å². The molecule has 12 heavy (non-hydrogen) atoms. The number of hydrogen-bond acceptors (Lipinski definition) is 2. The molecule has 0 radical (unpaired) electrons. The van der Waals surface area contributed by atoms with Gasteiger partial charge in [-0.15, -0.1) is 0 Å². The number of anilines is 1. The van der Waals surface area contributed by atoms with Crippen molar-refractivity contribution >= 4 is 5.69 Å². The second kappa shape index (κ2) is 2.23. The molecule has 2 heterocycles. The summed E-state index contributed by atoms with van der Waals surface area (Å²) in [6.45, 7) is 1.06. The molecule has 0 aromatic heterocycles. The molecule has 2 heteroatoms. The number of rotatable bonds is 0. The highest BCUT2D eigenvalue weighted by Gasteiger charge is 2.30. The van der Waals surface area contributed by atoms with Crippen LogP contribution in [0.1, 0.15) is 12.0 Å². The highest BCUT2D eigenvalue weighted by molar-refractivity contribution is 5.54. The molecule has 0 spiro atoms. The van der Waals surface area contributed by atoms with Gasteiger partial charge >= 0.3 is 0 Å². The minimum Gasteiger partial charge on any atom is -0.270 e. The van der Waals surface area contributed by atoms with Crippen LogP contribution >= 0.6 is 0 Å². The van der Waals surface area contributed by atoms with Gasteiger partial charge in [0, 0.05) is 13.0 Å². The van der Waals surface area contributed by atoms with Crippen LogP contribution in [-0.4, -0.2) is 12.6 Å². The van der Waals surface area contributed by atoms with E-state index in [4.69, 9.17) is 4.84 Å². The van der Waals surface area contributed by atoms with E-state index in [1.165, 1.54) is 17.7 Å². The summed E-state index contributed by atoms with van der Waals surface area (Å²) in [5.41, 5.74) is 2.71. The Morgan fingerprint density at radius 2 is 2.25 bits per heavy atom. The van der Waals surface area contributed by atoms with Crippen molar-refractivity contribution in [2.75, 3.05) is 11.6 Å². The van der Waals surface area contributed by atoms with Crippen LogP contribution < -0.4 is 5.06 Å². The van der Waals surface area contributed by atoms with E-state index in [-0.39, 0.29) is 0 Å². The third-order valence-electron chi connectivity index (χ3n) is 2.64. The number of nitrogens with zero attached hydrogens (tertiary/aromatic N) is 1. The van der Waals surface area contributed by atoms with Crippen molar-refractivity contribution in [3.63, 3.8) is 0 Å². The lowest BCUT2D eigenvalue weighted by Gasteiger charge is -2.26. The van der Waals surface area contributed by atoms with Crippen molar-refractivity contribution in [2.24, 2.45) is 0 Å². The average Bonchev–Trinajstić information content (AvgIpc) is 2.49. The standard InChI is InChI=1S/C10H11NO/c1-2-4-10-8(3-1)7-9-5-6-11(10)12-9/h1-4,9H,5-7H2. The average molecular weight is 161 g/mol. The van der Waals surface area contributed by atoms with Crippen LogP contribution in [0.2, 0.25) is 0 Å². The van der Waals surface area contributed by atoms with Gasteiger partial charge < -0.3 is 0 Å². The van der Waals surface area contributed by atoms with E-state index in [0.29, 0.717) is 6.10 Å². The Hall–Kier alpha value is -1.02. The maximum Gasteiger partial charge on any atom is 0.0915 e. The summed E-state index contributed by atoms with van der Waals surface area (Å²) in [5.74, 6) is 0. The second-order valence-corrected chi connectivity index (χ2v) is 3.45. The molecule has 2 bridgehead atoms. The van der Waals surface area contributed by atoms with Gasteiger partial charge in [0.15, 0.2) is 0 Å². The van der Waals surface area contributed by atoms with Crippen molar-refractivity contribution in [1.82, 2.24) is 0 Å². The smallest absolute Gasteiger partial charge is 0.0915 e. The van der Waals surface area contributed by atoms with Gasteiger partial charge in [0.25, 0.3) is 0 Å². The fourth-order valence-corrected chi connectivity index (χ4v) is 2.04. The van der Waals surface area contributed by atoms with Crippen LogP contribution in [0.25, 0.3) is 0 Å². The first-order valence-corrected chi connectivity index (χ1v) is 4.46. The van der Waals surface area contributed by atoms with Gasteiger partial charge in [-0.1, -0.05) is 18.2 Å². The molecular weight excluding hydrogens is 150 g/mol. The Bertz CT molecular complexity index is 310. The third kappa shape index (κ3) is 0.786. The first-order valence-electron chi connectivity index (χ1n) is 4.46. The molecule has 2 nitrogen and oxygen atoms in total. The summed E-state index contributed by atoms with van der Waals surface area (Å²) in [7, 11) is 0. The van der Waals surface area contributed by atoms with Gasteiger partial charge in [-0.25, -0.2) is 0 Å². The molecule has 1 aromatic rings. The van der Waals surface area contributed by atoms with E-state index in [2.05, 4.69) is 24.3 Å². The topological polar surface area (TPSA) is 12.5 Å². The number of hydroxylamine groups is 1. The summed E-state index contributed by atoms with van der Waals surface area (Å²) in [6.07, 6.45) is 2.71. The van der Waals surface area contributed by atoms with Gasteiger partial charge in [0.2, 0.25) is 0 Å². The van der Waals surface area contributed by atoms with Crippen molar-refractivity contribution in [3.8, 4) is 0 Å². The molecule has 1 saturated heterocycles. The van der Waals surface area contributed by atoms with Crippen LogP contribution in [0.4, 0.5) is 5.69 Å². The fraction of sp³-hybridized carbons (Fsp3) is 0.400. The Morgan fingerprint density at radius 1 is 1.33 bits per heavy atom. The van der Waals surface area contributed by atoms with Gasteiger partial charge in [-0.2, -0.15) is 0 Å². The van der Waals surface area contributed by atoms with E-state index in [0.717, 1.165) is 13.0 Å². The highest BCUT2D eigenvalue weighted by Crippen LogP contribution is 2.33. The lowest BCUT2D eigenvalue weighted by Crippen LogP contribution is -2.25. The molecule has 2 aliphatic rings. The van der Waals surface area contributed by atoms with Crippen molar-refractivity contribution in [3.05, 3.63) is 29.8 Å². The van der Waals surface area contributed by atoms with Gasteiger partial charge in [-0.3, -0.25) is 9.90 Å². The van der Waals surface area contributed by atoms with E-state index in [1.54, 1.807) is 0 Å². The quantitative estimate of drug-likeness (QED) is 0.574. The Balaban J connectivity index is 2.13.